The maximum atomic E-state index is 11.9. The summed E-state index contributed by atoms with van der Waals surface area (Å²) in [5.41, 5.74) is 1.69. The maximum absolute atomic E-state index is 11.9. The minimum absolute atomic E-state index is 0.0891. The Balaban J connectivity index is 1.88. The van der Waals surface area contributed by atoms with E-state index in [9.17, 15) is 4.79 Å². The lowest BCUT2D eigenvalue weighted by atomic mass is 10.1. The molecule has 20 heavy (non-hydrogen) atoms. The number of halogens is 1. The fourth-order valence-corrected chi connectivity index (χ4v) is 2.26. The number of urea groups is 1. The van der Waals surface area contributed by atoms with E-state index in [-0.39, 0.29) is 12.1 Å². The molecule has 1 aliphatic heterocycles. The third-order valence-electron chi connectivity index (χ3n) is 3.39. The number of hydrogen-bond donors (Lipinski definition) is 2. The van der Waals surface area contributed by atoms with Gasteiger partial charge in [0.05, 0.1) is 6.04 Å². The number of benzene rings is 1. The van der Waals surface area contributed by atoms with Crippen molar-refractivity contribution in [3.63, 3.8) is 0 Å². The number of carbonyl (C=O) groups excluding carboxylic acids is 1. The number of nitrogens with one attached hydrogen (secondary N) is 2. The Morgan fingerprint density at radius 3 is 2.90 bits per heavy atom. The van der Waals surface area contributed by atoms with Gasteiger partial charge in [0.2, 0.25) is 0 Å². The van der Waals surface area contributed by atoms with Gasteiger partial charge in [-0.25, -0.2) is 4.79 Å². The quantitative estimate of drug-likeness (QED) is 0.897. The lowest BCUT2D eigenvalue weighted by Crippen LogP contribution is -2.41. The van der Waals surface area contributed by atoms with Crippen molar-refractivity contribution >= 4 is 23.3 Å². The summed E-state index contributed by atoms with van der Waals surface area (Å²) in [7, 11) is 0. The third kappa shape index (κ3) is 3.90. The van der Waals surface area contributed by atoms with Gasteiger partial charge in [-0.15, -0.1) is 0 Å². The predicted molar refractivity (Wildman–Crippen MR) is 83.1 cm³/mol. The minimum Gasteiger partial charge on any atom is -0.378 e. The second kappa shape index (κ2) is 6.66. The molecular weight excluding hydrogens is 274 g/mol. The Labute approximate surface area is 124 Å². The van der Waals surface area contributed by atoms with E-state index >= 15 is 0 Å². The van der Waals surface area contributed by atoms with Gasteiger partial charge in [0.25, 0.3) is 0 Å². The average Bonchev–Trinajstić information content (AvgIpc) is 2.44. The van der Waals surface area contributed by atoms with Crippen LogP contribution in [0.2, 0.25) is 5.02 Å². The van der Waals surface area contributed by atoms with Crippen molar-refractivity contribution in [1.29, 1.82) is 0 Å². The first-order chi connectivity index (χ1) is 9.58. The number of amides is 2. The van der Waals surface area contributed by atoms with Crippen molar-refractivity contribution in [2.45, 2.75) is 26.3 Å². The van der Waals surface area contributed by atoms with Gasteiger partial charge < -0.3 is 15.5 Å². The highest BCUT2D eigenvalue weighted by atomic mass is 35.5. The fourth-order valence-electron chi connectivity index (χ4n) is 2.14. The number of anilines is 1. The van der Waals surface area contributed by atoms with Crippen LogP contribution >= 0.6 is 11.6 Å². The first kappa shape index (κ1) is 14.7. The SMILES string of the molecule is CCN1C=CC(NC(=O)Nc2ccc(Cl)c(C)c2)CC1. The Morgan fingerprint density at radius 1 is 1.50 bits per heavy atom. The molecule has 108 valence electrons. The molecule has 0 spiro atoms. The maximum Gasteiger partial charge on any atom is 0.319 e. The molecule has 1 heterocycles. The number of rotatable bonds is 3. The summed E-state index contributed by atoms with van der Waals surface area (Å²) in [6.45, 7) is 6.00. The molecule has 1 aromatic carbocycles. The highest BCUT2D eigenvalue weighted by Gasteiger charge is 2.14. The van der Waals surface area contributed by atoms with Gasteiger partial charge in [-0.1, -0.05) is 11.6 Å². The van der Waals surface area contributed by atoms with Crippen molar-refractivity contribution in [3.05, 3.63) is 41.1 Å². The molecule has 1 atom stereocenters. The van der Waals surface area contributed by atoms with Crippen LogP contribution in [0.15, 0.2) is 30.5 Å². The van der Waals surface area contributed by atoms with Crippen LogP contribution in [0.4, 0.5) is 10.5 Å². The molecular formula is C15H20ClN3O. The van der Waals surface area contributed by atoms with Gasteiger partial charge in [-0.2, -0.15) is 0 Å². The molecule has 2 rings (SSSR count). The topological polar surface area (TPSA) is 44.4 Å². The lowest BCUT2D eigenvalue weighted by Gasteiger charge is -2.27. The van der Waals surface area contributed by atoms with Gasteiger partial charge in [0.15, 0.2) is 0 Å². The Bertz CT molecular complexity index is 516. The molecule has 4 nitrogen and oxygen atoms in total. The Morgan fingerprint density at radius 2 is 2.30 bits per heavy atom. The van der Waals surface area contributed by atoms with E-state index in [0.29, 0.717) is 5.02 Å². The summed E-state index contributed by atoms with van der Waals surface area (Å²) in [6, 6.07) is 5.34. The zero-order valence-electron chi connectivity index (χ0n) is 11.8. The molecule has 0 aromatic heterocycles. The van der Waals surface area contributed by atoms with Crippen molar-refractivity contribution in [2.24, 2.45) is 0 Å². The van der Waals surface area contributed by atoms with Crippen LogP contribution in [0.3, 0.4) is 0 Å². The smallest absolute Gasteiger partial charge is 0.319 e. The number of carbonyl (C=O) groups is 1. The second-order valence-electron chi connectivity index (χ2n) is 4.93. The summed E-state index contributed by atoms with van der Waals surface area (Å²) in [6.07, 6.45) is 5.00. The molecule has 5 heteroatoms. The number of nitrogens with zero attached hydrogens (tertiary/aromatic N) is 1. The van der Waals surface area contributed by atoms with Crippen molar-refractivity contribution in [1.82, 2.24) is 10.2 Å². The van der Waals surface area contributed by atoms with Crippen LogP contribution in [0, 0.1) is 6.92 Å². The molecule has 1 aliphatic rings. The van der Waals surface area contributed by atoms with Crippen LogP contribution in [0.1, 0.15) is 18.9 Å². The standard InChI is InChI=1S/C15H20ClN3O/c1-3-19-8-6-12(7-9-19)17-15(20)18-13-4-5-14(16)11(2)10-13/h4-6,8,10,12H,3,7,9H2,1-2H3,(H2,17,18,20). The van der Waals surface area contributed by atoms with Crippen LogP contribution in [-0.2, 0) is 0 Å². The zero-order valence-corrected chi connectivity index (χ0v) is 12.6. The van der Waals surface area contributed by atoms with E-state index in [1.54, 1.807) is 12.1 Å². The Kier molecular flexibility index (Phi) is 4.90. The number of hydrogen-bond acceptors (Lipinski definition) is 2. The molecule has 0 fully saturated rings. The Hall–Kier alpha value is -1.68. The fraction of sp³-hybridized carbons (Fsp3) is 0.400. The lowest BCUT2D eigenvalue weighted by molar-refractivity contribution is 0.247. The molecule has 2 N–H and O–H groups in total. The van der Waals surface area contributed by atoms with Crippen LogP contribution < -0.4 is 10.6 Å². The molecule has 0 aliphatic carbocycles. The van der Waals surface area contributed by atoms with Crippen LogP contribution in [0.25, 0.3) is 0 Å². The van der Waals surface area contributed by atoms with E-state index in [1.807, 2.05) is 25.3 Å². The van der Waals surface area contributed by atoms with Gasteiger partial charge in [0, 0.05) is 23.8 Å². The number of aryl methyl sites for hydroxylation is 1. The second-order valence-corrected chi connectivity index (χ2v) is 5.33. The van der Waals surface area contributed by atoms with Gasteiger partial charge in [0.1, 0.15) is 0 Å². The molecule has 0 bridgehead atoms. The first-order valence-corrected chi connectivity index (χ1v) is 7.22. The monoisotopic (exact) mass is 293 g/mol. The third-order valence-corrected chi connectivity index (χ3v) is 3.82. The highest BCUT2D eigenvalue weighted by molar-refractivity contribution is 6.31. The van der Waals surface area contributed by atoms with E-state index in [0.717, 1.165) is 30.8 Å². The summed E-state index contributed by atoms with van der Waals surface area (Å²) < 4.78 is 0. The summed E-state index contributed by atoms with van der Waals surface area (Å²) in [4.78, 5) is 14.1. The summed E-state index contributed by atoms with van der Waals surface area (Å²) >= 11 is 5.96. The molecule has 0 saturated heterocycles. The average molecular weight is 294 g/mol. The van der Waals surface area contributed by atoms with Crippen molar-refractivity contribution in [3.8, 4) is 0 Å². The van der Waals surface area contributed by atoms with Gasteiger partial charge in [-0.05, 0) is 56.3 Å². The van der Waals surface area contributed by atoms with Crippen molar-refractivity contribution < 1.29 is 4.79 Å². The normalized spacial score (nSPS) is 17.9. The minimum atomic E-state index is -0.189. The van der Waals surface area contributed by atoms with E-state index in [4.69, 9.17) is 11.6 Å². The zero-order chi connectivity index (χ0) is 14.5. The molecule has 1 unspecified atom stereocenters. The first-order valence-electron chi connectivity index (χ1n) is 6.84. The van der Waals surface area contributed by atoms with Crippen LogP contribution in [-0.4, -0.2) is 30.1 Å². The molecule has 2 amide bonds. The van der Waals surface area contributed by atoms with Gasteiger partial charge >= 0.3 is 6.03 Å². The van der Waals surface area contributed by atoms with E-state index < -0.39 is 0 Å². The van der Waals surface area contributed by atoms with E-state index in [2.05, 4.69) is 22.5 Å². The van der Waals surface area contributed by atoms with Crippen LogP contribution in [0.5, 0.6) is 0 Å². The summed E-state index contributed by atoms with van der Waals surface area (Å²) in [5.74, 6) is 0. The van der Waals surface area contributed by atoms with E-state index in [1.165, 1.54) is 0 Å². The predicted octanol–water partition coefficient (Wildman–Crippen LogP) is 3.38. The largest absolute Gasteiger partial charge is 0.378 e. The van der Waals surface area contributed by atoms with Gasteiger partial charge in [-0.3, -0.25) is 0 Å². The van der Waals surface area contributed by atoms with Crippen molar-refractivity contribution in [2.75, 3.05) is 18.4 Å². The highest BCUT2D eigenvalue weighted by Crippen LogP contribution is 2.19. The molecule has 1 aromatic rings. The molecule has 0 saturated carbocycles. The molecule has 0 radical (unpaired) electrons. The summed E-state index contributed by atoms with van der Waals surface area (Å²) in [5, 5.41) is 6.48.